The van der Waals surface area contributed by atoms with Crippen LogP contribution in [0.25, 0.3) is 0 Å². The molecular weight excluding hydrogens is 135 g/mol. The SMILES string of the molecule is NC(CCO)C(F)(F)F. The van der Waals surface area contributed by atoms with Crippen LogP contribution in [0.2, 0.25) is 0 Å². The minimum atomic E-state index is -4.37. The van der Waals surface area contributed by atoms with E-state index in [0.29, 0.717) is 0 Å². The van der Waals surface area contributed by atoms with Gasteiger partial charge in [0.1, 0.15) is 6.04 Å². The van der Waals surface area contributed by atoms with E-state index < -0.39 is 25.2 Å². The Labute approximate surface area is 50.5 Å². The molecule has 0 heterocycles. The summed E-state index contributed by atoms with van der Waals surface area (Å²) in [5.41, 5.74) is 4.58. The van der Waals surface area contributed by atoms with Gasteiger partial charge in [-0.05, 0) is 6.42 Å². The number of hydrogen-bond acceptors (Lipinski definition) is 2. The van der Waals surface area contributed by atoms with Crippen LogP contribution in [-0.2, 0) is 0 Å². The maximum absolute atomic E-state index is 11.4. The highest BCUT2D eigenvalue weighted by Gasteiger charge is 2.35. The van der Waals surface area contributed by atoms with E-state index in [0.717, 1.165) is 0 Å². The second kappa shape index (κ2) is 3.03. The highest BCUT2D eigenvalue weighted by molar-refractivity contribution is 4.68. The van der Waals surface area contributed by atoms with Gasteiger partial charge < -0.3 is 10.8 Å². The molecule has 0 rings (SSSR count). The Balaban J connectivity index is 3.59. The third kappa shape index (κ3) is 3.31. The molecule has 9 heavy (non-hydrogen) atoms. The third-order valence-corrected chi connectivity index (χ3v) is 0.861. The molecule has 0 aromatic rings. The smallest absolute Gasteiger partial charge is 0.396 e. The van der Waals surface area contributed by atoms with E-state index in [4.69, 9.17) is 5.11 Å². The Morgan fingerprint density at radius 3 is 2.00 bits per heavy atom. The summed E-state index contributed by atoms with van der Waals surface area (Å²) in [6.07, 6.45) is -4.80. The molecule has 0 aliphatic rings. The summed E-state index contributed by atoms with van der Waals surface area (Å²) in [5, 5.41) is 8.02. The topological polar surface area (TPSA) is 46.2 Å². The number of aliphatic hydroxyl groups excluding tert-OH is 1. The standard InChI is InChI=1S/C4H8F3NO/c5-4(6,7)3(8)1-2-9/h3,9H,1-2,8H2. The van der Waals surface area contributed by atoms with Crippen molar-refractivity contribution in [3.8, 4) is 0 Å². The van der Waals surface area contributed by atoms with Crippen LogP contribution in [0.5, 0.6) is 0 Å². The number of nitrogens with two attached hydrogens (primary N) is 1. The van der Waals surface area contributed by atoms with E-state index in [1.54, 1.807) is 0 Å². The highest BCUT2D eigenvalue weighted by atomic mass is 19.4. The number of rotatable bonds is 2. The van der Waals surface area contributed by atoms with Crippen molar-refractivity contribution in [1.29, 1.82) is 0 Å². The van der Waals surface area contributed by atoms with Crippen LogP contribution in [-0.4, -0.2) is 23.9 Å². The first-order valence-electron chi connectivity index (χ1n) is 2.41. The van der Waals surface area contributed by atoms with Gasteiger partial charge in [0, 0.05) is 6.61 Å². The summed E-state index contributed by atoms with van der Waals surface area (Å²) in [6, 6.07) is -1.89. The zero-order valence-corrected chi connectivity index (χ0v) is 4.65. The van der Waals surface area contributed by atoms with E-state index >= 15 is 0 Å². The zero-order valence-electron chi connectivity index (χ0n) is 4.65. The quantitative estimate of drug-likeness (QED) is 0.582. The Morgan fingerprint density at radius 2 is 1.89 bits per heavy atom. The number of hydrogen-bond donors (Lipinski definition) is 2. The lowest BCUT2D eigenvalue weighted by Gasteiger charge is -2.12. The van der Waals surface area contributed by atoms with Gasteiger partial charge in [-0.3, -0.25) is 0 Å². The normalized spacial score (nSPS) is 15.7. The van der Waals surface area contributed by atoms with Gasteiger partial charge in [0.25, 0.3) is 0 Å². The lowest BCUT2D eigenvalue weighted by Crippen LogP contribution is -2.37. The zero-order chi connectivity index (χ0) is 7.49. The molecule has 0 saturated heterocycles. The lowest BCUT2D eigenvalue weighted by atomic mass is 10.2. The third-order valence-electron chi connectivity index (χ3n) is 0.861. The molecule has 0 amide bonds. The Morgan fingerprint density at radius 1 is 1.44 bits per heavy atom. The van der Waals surface area contributed by atoms with E-state index in [-0.39, 0.29) is 0 Å². The molecule has 0 spiro atoms. The van der Waals surface area contributed by atoms with E-state index in [1.165, 1.54) is 0 Å². The molecule has 3 N–H and O–H groups in total. The summed E-state index contributed by atoms with van der Waals surface area (Å²) >= 11 is 0. The average molecular weight is 143 g/mol. The maximum Gasteiger partial charge on any atom is 0.403 e. The molecule has 0 aliphatic heterocycles. The van der Waals surface area contributed by atoms with Crippen molar-refractivity contribution in [2.75, 3.05) is 6.61 Å². The molecule has 0 bridgehead atoms. The predicted octanol–water partition coefficient (Wildman–Crippen LogP) is 0.258. The Bertz CT molecular complexity index is 82.4. The molecule has 0 aliphatic carbocycles. The van der Waals surface area contributed by atoms with Gasteiger partial charge in [-0.2, -0.15) is 13.2 Å². The Hall–Kier alpha value is -0.290. The van der Waals surface area contributed by atoms with Crippen LogP contribution >= 0.6 is 0 Å². The van der Waals surface area contributed by atoms with Gasteiger partial charge in [0.05, 0.1) is 0 Å². The molecule has 1 unspecified atom stereocenters. The second-order valence-corrected chi connectivity index (χ2v) is 1.66. The molecule has 0 fully saturated rings. The summed E-state index contributed by atoms with van der Waals surface area (Å²) in [4.78, 5) is 0. The van der Waals surface area contributed by atoms with Crippen LogP contribution in [0.4, 0.5) is 13.2 Å². The van der Waals surface area contributed by atoms with Crippen molar-refractivity contribution in [3.05, 3.63) is 0 Å². The summed E-state index contributed by atoms with van der Waals surface area (Å²) in [6.45, 7) is -0.527. The fourth-order valence-corrected chi connectivity index (χ4v) is 0.303. The minimum Gasteiger partial charge on any atom is -0.396 e. The van der Waals surface area contributed by atoms with Crippen LogP contribution in [0.1, 0.15) is 6.42 Å². The molecule has 0 aromatic heterocycles. The molecule has 0 aromatic carbocycles. The van der Waals surface area contributed by atoms with Crippen LogP contribution in [0.15, 0.2) is 0 Å². The second-order valence-electron chi connectivity index (χ2n) is 1.66. The van der Waals surface area contributed by atoms with Gasteiger partial charge in [-0.1, -0.05) is 0 Å². The lowest BCUT2D eigenvalue weighted by molar-refractivity contribution is -0.150. The molecule has 1 atom stereocenters. The first-order chi connectivity index (χ1) is 3.98. The Kier molecular flexibility index (Phi) is 2.93. The first kappa shape index (κ1) is 8.71. The van der Waals surface area contributed by atoms with Crippen molar-refractivity contribution in [1.82, 2.24) is 0 Å². The van der Waals surface area contributed by atoms with Crippen molar-refractivity contribution >= 4 is 0 Å². The molecule has 0 saturated carbocycles. The van der Waals surface area contributed by atoms with Crippen molar-refractivity contribution in [3.63, 3.8) is 0 Å². The fraction of sp³-hybridized carbons (Fsp3) is 1.00. The highest BCUT2D eigenvalue weighted by Crippen LogP contribution is 2.19. The van der Waals surface area contributed by atoms with Crippen LogP contribution in [0.3, 0.4) is 0 Å². The molecule has 2 nitrogen and oxygen atoms in total. The van der Waals surface area contributed by atoms with E-state index in [2.05, 4.69) is 5.73 Å². The minimum absolute atomic E-state index is 0.427. The van der Waals surface area contributed by atoms with Crippen molar-refractivity contribution in [2.24, 2.45) is 5.73 Å². The number of aliphatic hydroxyl groups is 1. The molecule has 56 valence electrons. The number of halogens is 3. The maximum atomic E-state index is 11.4. The first-order valence-corrected chi connectivity index (χ1v) is 2.41. The summed E-state index contributed by atoms with van der Waals surface area (Å²) in [7, 11) is 0. The predicted molar refractivity (Wildman–Crippen MR) is 25.7 cm³/mol. The summed E-state index contributed by atoms with van der Waals surface area (Å²) < 4.78 is 34.2. The molecule has 5 heteroatoms. The van der Waals surface area contributed by atoms with Crippen LogP contribution < -0.4 is 5.73 Å². The molecular formula is C4H8F3NO. The summed E-state index contributed by atoms with van der Waals surface area (Å²) in [5.74, 6) is 0. The monoisotopic (exact) mass is 143 g/mol. The van der Waals surface area contributed by atoms with E-state index in [9.17, 15) is 13.2 Å². The van der Waals surface area contributed by atoms with Crippen molar-refractivity contribution < 1.29 is 18.3 Å². The number of alkyl halides is 3. The average Bonchev–Trinajstić information content (AvgIpc) is 1.64. The van der Waals surface area contributed by atoms with Gasteiger partial charge >= 0.3 is 6.18 Å². The van der Waals surface area contributed by atoms with Gasteiger partial charge in [0.15, 0.2) is 0 Å². The van der Waals surface area contributed by atoms with Crippen LogP contribution in [0, 0.1) is 0 Å². The van der Waals surface area contributed by atoms with Gasteiger partial charge in [-0.15, -0.1) is 0 Å². The van der Waals surface area contributed by atoms with Crippen molar-refractivity contribution in [2.45, 2.75) is 18.6 Å². The fourth-order valence-electron chi connectivity index (χ4n) is 0.303. The van der Waals surface area contributed by atoms with Gasteiger partial charge in [0.2, 0.25) is 0 Å². The largest absolute Gasteiger partial charge is 0.403 e. The molecule has 0 radical (unpaired) electrons. The van der Waals surface area contributed by atoms with Gasteiger partial charge in [-0.25, -0.2) is 0 Å². The van der Waals surface area contributed by atoms with E-state index in [1.807, 2.05) is 0 Å².